The fraction of sp³-hybridized carbons (Fsp3) is 0.577. The van der Waals surface area contributed by atoms with Gasteiger partial charge in [0, 0.05) is 89.3 Å². The predicted molar refractivity (Wildman–Crippen MR) is 273 cm³/mol. The van der Waals surface area contributed by atoms with Gasteiger partial charge < -0.3 is 35.0 Å². The van der Waals surface area contributed by atoms with Crippen molar-refractivity contribution in [3.8, 4) is 22.8 Å². The molecule has 4 saturated heterocycles. The molecule has 5 fully saturated rings. The van der Waals surface area contributed by atoms with E-state index in [1.54, 1.807) is 14.7 Å². The van der Waals surface area contributed by atoms with Crippen molar-refractivity contribution in [3.05, 3.63) is 53.8 Å². The molecule has 1 saturated carbocycles. The van der Waals surface area contributed by atoms with Crippen molar-refractivity contribution in [2.24, 2.45) is 11.3 Å². The minimum atomic E-state index is -0.747. The first-order valence-electron chi connectivity index (χ1n) is 26.0. The van der Waals surface area contributed by atoms with Crippen LogP contribution in [0.3, 0.4) is 0 Å². The Morgan fingerprint density at radius 3 is 2.20 bits per heavy atom. The zero-order valence-electron chi connectivity index (χ0n) is 43.4. The Kier molecular flexibility index (Phi) is 14.9. The molecule has 22 heteroatoms. The average Bonchev–Trinajstić information content (AvgIpc) is 3.99. The van der Waals surface area contributed by atoms with Crippen LogP contribution in [0, 0.1) is 23.0 Å². The second-order valence-corrected chi connectivity index (χ2v) is 21.6. The summed E-state index contributed by atoms with van der Waals surface area (Å²) < 4.78 is 44.0. The summed E-state index contributed by atoms with van der Waals surface area (Å²) in [5.74, 6) is -0.479. The van der Waals surface area contributed by atoms with E-state index in [0.29, 0.717) is 98.5 Å². The minimum Gasteiger partial charge on any atom is -0.439 e. The number of benzene rings is 1. The maximum Gasteiger partial charge on any atom is 0.410 e. The van der Waals surface area contributed by atoms with Gasteiger partial charge >= 0.3 is 6.09 Å². The molecule has 4 amide bonds. The van der Waals surface area contributed by atoms with Gasteiger partial charge in [-0.3, -0.25) is 24.6 Å². The Labute approximate surface area is 429 Å². The van der Waals surface area contributed by atoms with Crippen molar-refractivity contribution in [2.75, 3.05) is 81.5 Å². The molecular weight excluding hydrogens is 955 g/mol. The molecule has 8 heterocycles. The quantitative estimate of drug-likeness (QED) is 0.117. The number of nitrogens with zero attached hydrogens (tertiary/aromatic N) is 11. The van der Waals surface area contributed by atoms with Crippen LogP contribution in [-0.4, -0.2) is 145 Å². The van der Waals surface area contributed by atoms with Crippen LogP contribution in [-0.2, 0) is 24.7 Å². The molecule has 2 unspecified atom stereocenters. The number of nitrogen functional groups attached to an aromatic ring is 1. The molecule has 5 aromatic rings. The normalized spacial score (nSPS) is 20.8. The number of carbonyl (C=O) groups excluding carboxylic acids is 4. The van der Waals surface area contributed by atoms with Gasteiger partial charge in [-0.1, -0.05) is 32.9 Å². The summed E-state index contributed by atoms with van der Waals surface area (Å²) in [4.78, 5) is 76.3. The number of nitrogens with two attached hydrogens (primary N) is 1. The number of anilines is 3. The summed E-state index contributed by atoms with van der Waals surface area (Å²) >= 11 is 0. The van der Waals surface area contributed by atoms with E-state index in [0.717, 1.165) is 43.6 Å². The molecule has 10 rings (SSSR count). The first-order valence-corrected chi connectivity index (χ1v) is 26.0. The molecule has 4 N–H and O–H groups in total. The minimum absolute atomic E-state index is 0.0386. The number of piperidine rings is 3. The first-order chi connectivity index (χ1) is 35.4. The molecule has 1 aromatic carbocycles. The highest BCUT2D eigenvalue weighted by atomic mass is 19.1. The lowest BCUT2D eigenvalue weighted by molar-refractivity contribution is -0.136. The lowest BCUT2D eigenvalue weighted by Crippen LogP contribution is -2.50. The van der Waals surface area contributed by atoms with Crippen molar-refractivity contribution in [1.82, 2.24) is 54.9 Å². The van der Waals surface area contributed by atoms with Crippen LogP contribution in [0.4, 0.5) is 30.8 Å². The number of imide groups is 1. The molecule has 396 valence electrons. The van der Waals surface area contributed by atoms with Gasteiger partial charge in [-0.2, -0.15) is 5.10 Å². The lowest BCUT2D eigenvalue weighted by Gasteiger charge is -2.43. The van der Waals surface area contributed by atoms with Crippen LogP contribution < -0.4 is 21.3 Å². The first kappa shape index (κ1) is 52.0. The zero-order chi connectivity index (χ0) is 52.6. The third kappa shape index (κ3) is 10.9. The second kappa shape index (κ2) is 21.2. The topological polar surface area (TPSA) is 236 Å². The fourth-order valence-corrected chi connectivity index (χ4v) is 10.9. The van der Waals surface area contributed by atoms with Crippen molar-refractivity contribution in [3.63, 3.8) is 0 Å². The maximum atomic E-state index is 15.3. The van der Waals surface area contributed by atoms with Gasteiger partial charge in [-0.25, -0.2) is 38.2 Å². The van der Waals surface area contributed by atoms with E-state index in [9.17, 15) is 19.2 Å². The third-order valence-corrected chi connectivity index (χ3v) is 14.9. The molecule has 74 heavy (non-hydrogen) atoms. The van der Waals surface area contributed by atoms with E-state index in [4.69, 9.17) is 30.1 Å². The van der Waals surface area contributed by atoms with Crippen LogP contribution in [0.2, 0.25) is 0 Å². The highest BCUT2D eigenvalue weighted by Gasteiger charge is 2.41. The zero-order valence-corrected chi connectivity index (χ0v) is 43.4. The largest absolute Gasteiger partial charge is 0.439 e. The Morgan fingerprint density at radius 1 is 0.892 bits per heavy atom. The Bertz CT molecular complexity index is 2860. The molecule has 0 spiro atoms. The fourth-order valence-electron chi connectivity index (χ4n) is 10.9. The molecule has 5 aliphatic rings. The average molecular weight is 1020 g/mol. The highest BCUT2D eigenvalue weighted by Crippen LogP contribution is 2.49. The summed E-state index contributed by atoms with van der Waals surface area (Å²) in [6, 6.07) is 1.63. The molecule has 0 radical (unpaired) electrons. The summed E-state index contributed by atoms with van der Waals surface area (Å²) in [5.41, 5.74) is 8.92. The summed E-state index contributed by atoms with van der Waals surface area (Å²) in [5, 5.41) is 15.2. The molecule has 4 aromatic heterocycles. The number of likely N-dealkylation sites (tertiary alicyclic amines) is 2. The van der Waals surface area contributed by atoms with E-state index in [2.05, 4.69) is 44.5 Å². The highest BCUT2D eigenvalue weighted by molar-refractivity contribution is 6.02. The molecule has 1 aliphatic carbocycles. The van der Waals surface area contributed by atoms with Crippen molar-refractivity contribution < 1.29 is 37.2 Å². The number of ether oxygens (including phenoxy) is 1. The van der Waals surface area contributed by atoms with Gasteiger partial charge in [0.05, 0.1) is 16.5 Å². The van der Waals surface area contributed by atoms with Gasteiger partial charge in [0.2, 0.25) is 11.8 Å². The number of carbonyl (C=O) groups is 4. The van der Waals surface area contributed by atoms with E-state index in [-0.39, 0.29) is 65.7 Å². The second-order valence-electron chi connectivity index (χ2n) is 21.6. The number of fused-ring (bicyclic) bond motifs is 1. The van der Waals surface area contributed by atoms with Gasteiger partial charge in [0.15, 0.2) is 35.5 Å². The van der Waals surface area contributed by atoms with Gasteiger partial charge in [0.1, 0.15) is 35.3 Å². The van der Waals surface area contributed by atoms with Crippen molar-refractivity contribution >= 4 is 52.0 Å². The molecule has 20 nitrogen and oxygen atoms in total. The van der Waals surface area contributed by atoms with Gasteiger partial charge in [-0.15, -0.1) is 0 Å². The monoisotopic (exact) mass is 1020 g/mol. The Balaban J connectivity index is 0.00000332. The third-order valence-electron chi connectivity index (χ3n) is 14.9. The standard InChI is InChI=1S/C50H62F2N14O6.C2H6/c1-49(2,3)66-46-39(44(53)56-27-57-46)40(60-66)41-38(43(72-61-41)29-6-7-29)45-54-22-30(23-55-45)32-12-15-65(26-50(32,4)5)48(70)71-25-37(68)63-13-10-28(11-14-63)24-62-16-18-64(19-17-62)42-33(51)20-31(21-34(42)52)58-35-8-9-36(67)59-47(35)69;1-2/h20-23,27-29,32,35,58H,6-19,24-26H2,1-5H3,(H2,53,56,57)(H,59,67,69);1-2H3. The number of amides is 4. The van der Waals surface area contributed by atoms with Crippen LogP contribution in [0.1, 0.15) is 117 Å². The summed E-state index contributed by atoms with van der Waals surface area (Å²) in [6.07, 6.45) is 9.19. The SMILES string of the molecule is CC.CC1(C)CN(C(=O)OCC(=O)N2CCC(CN3CCN(c4c(F)cc(NC5CCC(=O)NC5=O)cc4F)CC3)CC2)CCC1c1cnc(-c2c(-c3nn(C(C)(C)C)c4ncnc(N)c34)noc2C2CC2)nc1. The van der Waals surface area contributed by atoms with E-state index < -0.39 is 35.2 Å². The van der Waals surface area contributed by atoms with E-state index in [1.807, 2.05) is 51.7 Å². The molecule has 2 atom stereocenters. The number of piperazine rings is 1. The van der Waals surface area contributed by atoms with Gasteiger partial charge in [-0.05, 0) is 94.2 Å². The molecular formula is C52H68F2N14O6. The van der Waals surface area contributed by atoms with Crippen molar-refractivity contribution in [2.45, 2.75) is 117 Å². The number of nitrogens with one attached hydrogen (secondary N) is 2. The van der Waals surface area contributed by atoms with E-state index >= 15 is 8.78 Å². The number of halogens is 2. The molecule has 0 bridgehead atoms. The van der Waals surface area contributed by atoms with Gasteiger partial charge in [0.25, 0.3) is 5.91 Å². The number of rotatable bonds is 11. The van der Waals surface area contributed by atoms with Crippen LogP contribution in [0.25, 0.3) is 33.8 Å². The summed E-state index contributed by atoms with van der Waals surface area (Å²) in [7, 11) is 0. The van der Waals surface area contributed by atoms with Crippen LogP contribution >= 0.6 is 0 Å². The lowest BCUT2D eigenvalue weighted by atomic mass is 9.71. The van der Waals surface area contributed by atoms with Crippen LogP contribution in [0.5, 0.6) is 0 Å². The number of hydrogen-bond acceptors (Lipinski definition) is 16. The van der Waals surface area contributed by atoms with Crippen LogP contribution in [0.15, 0.2) is 35.4 Å². The molecule has 4 aliphatic heterocycles. The Hall–Kier alpha value is -6.84. The predicted octanol–water partition coefficient (Wildman–Crippen LogP) is 6.69. The Morgan fingerprint density at radius 2 is 1.57 bits per heavy atom. The summed E-state index contributed by atoms with van der Waals surface area (Å²) in [6.45, 7) is 18.9. The van der Waals surface area contributed by atoms with Crippen molar-refractivity contribution in [1.29, 1.82) is 0 Å². The number of hydrogen-bond donors (Lipinski definition) is 3. The maximum absolute atomic E-state index is 15.3. The smallest absolute Gasteiger partial charge is 0.410 e. The number of aromatic nitrogens is 7. The van der Waals surface area contributed by atoms with E-state index in [1.165, 1.54) is 18.5 Å².